The fraction of sp³-hybridized carbons (Fsp3) is 0.280. The number of nitrogens with zero attached hydrogens (tertiary/aromatic N) is 1. The van der Waals surface area contributed by atoms with Crippen molar-refractivity contribution in [2.24, 2.45) is 11.8 Å². The Balaban J connectivity index is 1.49. The van der Waals surface area contributed by atoms with E-state index in [1.165, 1.54) is 0 Å². The third kappa shape index (κ3) is 4.61. The highest BCUT2D eigenvalue weighted by Gasteiger charge is 2.51. The topological polar surface area (TPSA) is 92.8 Å². The van der Waals surface area contributed by atoms with Crippen molar-refractivity contribution in [2.75, 3.05) is 11.9 Å². The zero-order valence-corrected chi connectivity index (χ0v) is 17.5. The number of carbonyl (C=O) groups excluding carboxylic acids is 4. The van der Waals surface area contributed by atoms with Gasteiger partial charge in [-0.1, -0.05) is 60.7 Å². The number of para-hydroxylation sites is 1. The van der Waals surface area contributed by atoms with Crippen LogP contribution in [0.1, 0.15) is 18.4 Å². The molecule has 7 heteroatoms. The Morgan fingerprint density at radius 3 is 2.06 bits per heavy atom. The lowest BCUT2D eigenvalue weighted by Crippen LogP contribution is -2.48. The maximum Gasteiger partial charge on any atom is 0.330 e. The van der Waals surface area contributed by atoms with E-state index in [4.69, 9.17) is 4.74 Å². The first-order valence-electron chi connectivity index (χ1n) is 10.6. The van der Waals surface area contributed by atoms with E-state index in [0.29, 0.717) is 18.5 Å². The van der Waals surface area contributed by atoms with E-state index in [1.54, 1.807) is 24.3 Å². The Hall–Kier alpha value is -3.74. The lowest BCUT2D eigenvalue weighted by atomic mass is 9.85. The Kier molecular flexibility index (Phi) is 6.44. The van der Waals surface area contributed by atoms with Crippen molar-refractivity contribution < 1.29 is 23.9 Å². The highest BCUT2D eigenvalue weighted by Crippen LogP contribution is 2.36. The number of hydrogen-bond acceptors (Lipinski definition) is 5. The summed E-state index contributed by atoms with van der Waals surface area (Å²) in [7, 11) is 0. The van der Waals surface area contributed by atoms with Gasteiger partial charge in [0.05, 0.1) is 11.8 Å². The van der Waals surface area contributed by atoms with Crippen molar-refractivity contribution in [3.05, 3.63) is 78.4 Å². The summed E-state index contributed by atoms with van der Waals surface area (Å²) in [6.45, 7) is -0.510. The molecule has 1 N–H and O–H groups in total. The van der Waals surface area contributed by atoms with Crippen LogP contribution in [0.2, 0.25) is 0 Å². The molecule has 3 amide bonds. The molecule has 0 unspecified atom stereocenters. The lowest BCUT2D eigenvalue weighted by molar-refractivity contribution is -0.159. The maximum absolute atomic E-state index is 13.0. The van der Waals surface area contributed by atoms with Gasteiger partial charge in [0.1, 0.15) is 6.04 Å². The van der Waals surface area contributed by atoms with E-state index in [0.717, 1.165) is 10.5 Å². The van der Waals surface area contributed by atoms with Crippen molar-refractivity contribution in [1.29, 1.82) is 0 Å². The minimum atomic E-state index is -1.12. The molecule has 3 atom stereocenters. The van der Waals surface area contributed by atoms with Crippen LogP contribution in [-0.4, -0.2) is 41.2 Å². The number of imide groups is 1. The number of carbonyl (C=O) groups is 4. The van der Waals surface area contributed by atoms with Gasteiger partial charge in [-0.3, -0.25) is 19.3 Å². The third-order valence-corrected chi connectivity index (χ3v) is 5.80. The average molecular weight is 432 g/mol. The Morgan fingerprint density at radius 2 is 1.47 bits per heavy atom. The van der Waals surface area contributed by atoms with Crippen LogP contribution in [0.4, 0.5) is 5.69 Å². The predicted octanol–water partition coefficient (Wildman–Crippen LogP) is 2.73. The van der Waals surface area contributed by atoms with E-state index in [9.17, 15) is 19.2 Å². The molecule has 2 aliphatic rings. The number of hydrogen-bond donors (Lipinski definition) is 1. The van der Waals surface area contributed by atoms with Gasteiger partial charge in [-0.15, -0.1) is 0 Å². The number of benzene rings is 2. The van der Waals surface area contributed by atoms with E-state index in [-0.39, 0.29) is 18.2 Å². The summed E-state index contributed by atoms with van der Waals surface area (Å²) in [5, 5.41) is 2.64. The molecule has 0 saturated carbocycles. The smallest absolute Gasteiger partial charge is 0.330 e. The van der Waals surface area contributed by atoms with Crippen molar-refractivity contribution >= 4 is 29.4 Å². The number of amides is 3. The number of fused-ring (bicyclic) bond motifs is 1. The van der Waals surface area contributed by atoms with Gasteiger partial charge in [0.2, 0.25) is 11.8 Å². The molecule has 1 fully saturated rings. The minimum absolute atomic E-state index is 0.129. The minimum Gasteiger partial charge on any atom is -0.454 e. The summed E-state index contributed by atoms with van der Waals surface area (Å²) in [5.74, 6) is -2.86. The third-order valence-electron chi connectivity index (χ3n) is 5.80. The molecule has 1 aliphatic carbocycles. The maximum atomic E-state index is 13.0. The first kappa shape index (κ1) is 21.5. The molecule has 1 aliphatic heterocycles. The Bertz CT molecular complexity index is 1010. The van der Waals surface area contributed by atoms with Crippen molar-refractivity contribution in [3.63, 3.8) is 0 Å². The number of ether oxygens (including phenoxy) is 1. The number of rotatable bonds is 7. The second kappa shape index (κ2) is 9.60. The summed E-state index contributed by atoms with van der Waals surface area (Å²) >= 11 is 0. The van der Waals surface area contributed by atoms with Crippen LogP contribution in [0.3, 0.4) is 0 Å². The van der Waals surface area contributed by atoms with Crippen LogP contribution in [0.15, 0.2) is 72.8 Å². The quantitative estimate of drug-likeness (QED) is 0.413. The molecule has 0 bridgehead atoms. The molecule has 32 heavy (non-hydrogen) atoms. The summed E-state index contributed by atoms with van der Waals surface area (Å²) < 4.78 is 5.26. The number of nitrogens with one attached hydrogen (secondary N) is 1. The Labute approximate surface area is 186 Å². The second-order valence-electron chi connectivity index (χ2n) is 7.93. The molecule has 7 nitrogen and oxygen atoms in total. The molecule has 4 rings (SSSR count). The molecule has 1 heterocycles. The first-order valence-corrected chi connectivity index (χ1v) is 10.6. The van der Waals surface area contributed by atoms with Crippen LogP contribution >= 0.6 is 0 Å². The average Bonchev–Trinajstić information content (AvgIpc) is 3.07. The summed E-state index contributed by atoms with van der Waals surface area (Å²) in [5.41, 5.74) is 1.37. The van der Waals surface area contributed by atoms with E-state index in [1.807, 2.05) is 48.6 Å². The zero-order chi connectivity index (χ0) is 22.5. The van der Waals surface area contributed by atoms with Crippen LogP contribution in [0.25, 0.3) is 0 Å². The van der Waals surface area contributed by atoms with Gasteiger partial charge in [-0.2, -0.15) is 0 Å². The SMILES string of the molecule is O=C(COC(=O)[C@@H](Cc1ccccc1)N1C(=O)[C@H]2CC=CC[C@H]2C1=O)Nc1ccccc1. The highest BCUT2D eigenvalue weighted by atomic mass is 16.5. The fourth-order valence-corrected chi connectivity index (χ4v) is 4.20. The van der Waals surface area contributed by atoms with Crippen LogP contribution < -0.4 is 5.32 Å². The first-order chi connectivity index (χ1) is 15.5. The number of anilines is 1. The number of likely N-dealkylation sites (tertiary alicyclic amines) is 1. The number of esters is 1. The largest absolute Gasteiger partial charge is 0.454 e. The molecule has 0 spiro atoms. The normalized spacial score (nSPS) is 20.6. The molecule has 2 aromatic rings. The number of allylic oxidation sites excluding steroid dienone is 2. The summed E-state index contributed by atoms with van der Waals surface area (Å²) in [6, 6.07) is 16.8. The van der Waals surface area contributed by atoms with Crippen LogP contribution in [0, 0.1) is 11.8 Å². The van der Waals surface area contributed by atoms with Crippen LogP contribution in [0.5, 0.6) is 0 Å². The molecule has 0 aromatic heterocycles. The van der Waals surface area contributed by atoms with E-state index in [2.05, 4.69) is 5.32 Å². The van der Waals surface area contributed by atoms with Gasteiger partial charge in [0.25, 0.3) is 5.91 Å². The van der Waals surface area contributed by atoms with Gasteiger partial charge in [-0.25, -0.2) is 4.79 Å². The molecule has 0 radical (unpaired) electrons. The van der Waals surface area contributed by atoms with Crippen molar-refractivity contribution in [3.8, 4) is 0 Å². The van der Waals surface area contributed by atoms with Crippen LogP contribution in [-0.2, 0) is 30.3 Å². The Morgan fingerprint density at radius 1 is 0.906 bits per heavy atom. The van der Waals surface area contributed by atoms with Crippen molar-refractivity contribution in [2.45, 2.75) is 25.3 Å². The van der Waals surface area contributed by atoms with Gasteiger partial charge in [0.15, 0.2) is 6.61 Å². The predicted molar refractivity (Wildman–Crippen MR) is 117 cm³/mol. The second-order valence-corrected chi connectivity index (χ2v) is 7.93. The zero-order valence-electron chi connectivity index (χ0n) is 17.5. The molecule has 164 valence electrons. The fourth-order valence-electron chi connectivity index (χ4n) is 4.20. The molecular formula is C25H24N2O5. The van der Waals surface area contributed by atoms with E-state index >= 15 is 0 Å². The van der Waals surface area contributed by atoms with Gasteiger partial charge >= 0.3 is 5.97 Å². The van der Waals surface area contributed by atoms with Gasteiger partial charge in [0, 0.05) is 12.1 Å². The van der Waals surface area contributed by atoms with Gasteiger partial charge in [-0.05, 0) is 30.5 Å². The monoisotopic (exact) mass is 432 g/mol. The summed E-state index contributed by atoms with van der Waals surface area (Å²) in [6.07, 6.45) is 4.89. The summed E-state index contributed by atoms with van der Waals surface area (Å²) in [4.78, 5) is 52.4. The standard InChI is InChI=1S/C25H24N2O5/c28-22(26-18-11-5-2-6-12-18)16-32-25(31)21(15-17-9-3-1-4-10-17)27-23(29)19-13-7-8-14-20(19)24(27)30/h1-12,19-21H,13-16H2,(H,26,28)/t19-,20+,21-/m1/s1. The van der Waals surface area contributed by atoms with E-state index < -0.39 is 36.4 Å². The molecule has 2 aromatic carbocycles. The molecular weight excluding hydrogens is 408 g/mol. The van der Waals surface area contributed by atoms with Crippen molar-refractivity contribution in [1.82, 2.24) is 4.90 Å². The lowest BCUT2D eigenvalue weighted by Gasteiger charge is -2.25. The van der Waals surface area contributed by atoms with Gasteiger partial charge < -0.3 is 10.1 Å². The molecule has 1 saturated heterocycles. The highest BCUT2D eigenvalue weighted by molar-refractivity contribution is 6.08.